The molecular formula is C16H15ClN2O. The van der Waals surface area contributed by atoms with E-state index in [1.54, 1.807) is 12.4 Å². The van der Waals surface area contributed by atoms with Crippen LogP contribution in [0.5, 0.6) is 0 Å². The standard InChI is InChI=1S/C16H15ClN2O/c17-14-3-1-13(2-4-14)16(7-8-16)15(20)19-11-12-5-9-18-10-6-12/h1-6,9-10H,7-8,11H2,(H,19,20). The maximum atomic E-state index is 12.4. The number of carbonyl (C=O) groups excluding carboxylic acids is 1. The van der Waals surface area contributed by atoms with Gasteiger partial charge >= 0.3 is 0 Å². The van der Waals surface area contributed by atoms with Crippen LogP contribution in [0.15, 0.2) is 48.8 Å². The van der Waals surface area contributed by atoms with E-state index in [0.29, 0.717) is 11.6 Å². The van der Waals surface area contributed by atoms with Gasteiger partial charge in [0.2, 0.25) is 5.91 Å². The summed E-state index contributed by atoms with van der Waals surface area (Å²) in [7, 11) is 0. The number of carbonyl (C=O) groups is 1. The van der Waals surface area contributed by atoms with Crippen molar-refractivity contribution < 1.29 is 4.79 Å². The van der Waals surface area contributed by atoms with Gasteiger partial charge in [-0.3, -0.25) is 9.78 Å². The lowest BCUT2D eigenvalue weighted by Crippen LogP contribution is -2.34. The third-order valence-electron chi connectivity index (χ3n) is 3.78. The van der Waals surface area contributed by atoms with Gasteiger partial charge < -0.3 is 5.32 Å². The van der Waals surface area contributed by atoms with Crippen LogP contribution >= 0.6 is 11.6 Å². The smallest absolute Gasteiger partial charge is 0.230 e. The minimum Gasteiger partial charge on any atom is -0.351 e. The van der Waals surface area contributed by atoms with Gasteiger partial charge in [0.05, 0.1) is 5.41 Å². The van der Waals surface area contributed by atoms with E-state index in [1.807, 2.05) is 36.4 Å². The molecule has 0 radical (unpaired) electrons. The molecule has 0 spiro atoms. The summed E-state index contributed by atoms with van der Waals surface area (Å²) in [6.07, 6.45) is 5.26. The summed E-state index contributed by atoms with van der Waals surface area (Å²) in [5.41, 5.74) is 1.76. The summed E-state index contributed by atoms with van der Waals surface area (Å²) < 4.78 is 0. The topological polar surface area (TPSA) is 42.0 Å². The van der Waals surface area contributed by atoms with Gasteiger partial charge in [0.15, 0.2) is 0 Å². The molecule has 1 N–H and O–H groups in total. The van der Waals surface area contributed by atoms with Crippen molar-refractivity contribution in [3.05, 3.63) is 64.9 Å². The first-order valence-corrected chi connectivity index (χ1v) is 7.02. The van der Waals surface area contributed by atoms with Crippen LogP contribution in [-0.2, 0) is 16.8 Å². The Balaban J connectivity index is 1.69. The molecular weight excluding hydrogens is 272 g/mol. The number of hydrogen-bond donors (Lipinski definition) is 1. The molecule has 0 unspecified atom stereocenters. The molecule has 3 nitrogen and oxygen atoms in total. The van der Waals surface area contributed by atoms with Crippen LogP contribution in [0.25, 0.3) is 0 Å². The predicted octanol–water partition coefficient (Wildman–Crippen LogP) is 3.08. The first-order valence-electron chi connectivity index (χ1n) is 6.64. The van der Waals surface area contributed by atoms with Crippen LogP contribution in [0.1, 0.15) is 24.0 Å². The monoisotopic (exact) mass is 286 g/mol. The second-order valence-corrected chi connectivity index (χ2v) is 5.56. The van der Waals surface area contributed by atoms with Gasteiger partial charge in [0.25, 0.3) is 0 Å². The van der Waals surface area contributed by atoms with Crippen molar-refractivity contribution in [1.82, 2.24) is 10.3 Å². The lowest BCUT2D eigenvalue weighted by atomic mass is 9.95. The Hall–Kier alpha value is -1.87. The van der Waals surface area contributed by atoms with Crippen LogP contribution in [-0.4, -0.2) is 10.9 Å². The highest BCUT2D eigenvalue weighted by Gasteiger charge is 2.50. The van der Waals surface area contributed by atoms with Crippen molar-refractivity contribution in [1.29, 1.82) is 0 Å². The molecule has 0 bridgehead atoms. The van der Waals surface area contributed by atoms with Crippen molar-refractivity contribution in [2.75, 3.05) is 0 Å². The van der Waals surface area contributed by atoms with E-state index in [2.05, 4.69) is 10.3 Å². The van der Waals surface area contributed by atoms with Crippen LogP contribution in [0.3, 0.4) is 0 Å². The molecule has 1 heterocycles. The number of nitrogens with zero attached hydrogens (tertiary/aromatic N) is 1. The van der Waals surface area contributed by atoms with Crippen molar-refractivity contribution in [3.8, 4) is 0 Å². The zero-order valence-electron chi connectivity index (χ0n) is 11.0. The highest BCUT2D eigenvalue weighted by atomic mass is 35.5. The maximum Gasteiger partial charge on any atom is 0.230 e. The lowest BCUT2D eigenvalue weighted by molar-refractivity contribution is -0.123. The molecule has 0 aliphatic heterocycles. The van der Waals surface area contributed by atoms with Crippen LogP contribution < -0.4 is 5.32 Å². The minimum absolute atomic E-state index is 0.0941. The summed E-state index contributed by atoms with van der Waals surface area (Å²) in [5, 5.41) is 3.71. The molecule has 2 aromatic rings. The third kappa shape index (κ3) is 2.54. The molecule has 102 valence electrons. The van der Waals surface area contributed by atoms with Crippen molar-refractivity contribution in [2.45, 2.75) is 24.8 Å². The van der Waals surface area contributed by atoms with E-state index in [-0.39, 0.29) is 11.3 Å². The molecule has 0 saturated heterocycles. The SMILES string of the molecule is O=C(NCc1ccncc1)C1(c2ccc(Cl)cc2)CC1. The van der Waals surface area contributed by atoms with E-state index in [0.717, 1.165) is 24.0 Å². The molecule has 1 amide bonds. The number of halogens is 1. The molecule has 1 aliphatic rings. The Kier molecular flexibility index (Phi) is 3.45. The highest BCUT2D eigenvalue weighted by molar-refractivity contribution is 6.30. The van der Waals surface area contributed by atoms with E-state index < -0.39 is 0 Å². The van der Waals surface area contributed by atoms with Gasteiger partial charge in [0, 0.05) is 24.0 Å². The normalized spacial score (nSPS) is 15.7. The maximum absolute atomic E-state index is 12.4. The van der Waals surface area contributed by atoms with Crippen LogP contribution in [0.4, 0.5) is 0 Å². The van der Waals surface area contributed by atoms with Gasteiger partial charge in [-0.05, 0) is 48.2 Å². The Morgan fingerprint density at radius 1 is 1.15 bits per heavy atom. The number of hydrogen-bond acceptors (Lipinski definition) is 2. The Bertz CT molecular complexity index is 606. The number of amides is 1. The Morgan fingerprint density at radius 3 is 2.40 bits per heavy atom. The van der Waals surface area contributed by atoms with Gasteiger partial charge in [-0.2, -0.15) is 0 Å². The zero-order chi connectivity index (χ0) is 14.0. The van der Waals surface area contributed by atoms with Crippen molar-refractivity contribution >= 4 is 17.5 Å². The van der Waals surface area contributed by atoms with Gasteiger partial charge in [-0.25, -0.2) is 0 Å². The van der Waals surface area contributed by atoms with E-state index in [1.165, 1.54) is 0 Å². The molecule has 1 aliphatic carbocycles. The van der Waals surface area contributed by atoms with Gasteiger partial charge in [0.1, 0.15) is 0 Å². The molecule has 1 saturated carbocycles. The van der Waals surface area contributed by atoms with E-state index in [9.17, 15) is 4.79 Å². The first kappa shape index (κ1) is 13.1. The molecule has 4 heteroatoms. The summed E-state index contributed by atoms with van der Waals surface area (Å²) >= 11 is 5.90. The highest BCUT2D eigenvalue weighted by Crippen LogP contribution is 2.48. The molecule has 1 fully saturated rings. The zero-order valence-corrected chi connectivity index (χ0v) is 11.7. The molecule has 3 rings (SSSR count). The van der Waals surface area contributed by atoms with Gasteiger partial charge in [-0.1, -0.05) is 23.7 Å². The minimum atomic E-state index is -0.350. The Morgan fingerprint density at radius 2 is 1.80 bits per heavy atom. The molecule has 0 atom stereocenters. The fourth-order valence-electron chi connectivity index (χ4n) is 2.39. The second kappa shape index (κ2) is 5.25. The molecule has 1 aromatic heterocycles. The first-order chi connectivity index (χ1) is 9.71. The largest absolute Gasteiger partial charge is 0.351 e. The molecule has 20 heavy (non-hydrogen) atoms. The third-order valence-corrected chi connectivity index (χ3v) is 4.04. The summed E-state index contributed by atoms with van der Waals surface area (Å²) in [4.78, 5) is 16.4. The molecule has 1 aromatic carbocycles. The second-order valence-electron chi connectivity index (χ2n) is 5.13. The average molecular weight is 287 g/mol. The van der Waals surface area contributed by atoms with Crippen molar-refractivity contribution in [2.24, 2.45) is 0 Å². The number of aromatic nitrogens is 1. The summed E-state index contributed by atoms with van der Waals surface area (Å²) in [5.74, 6) is 0.0941. The van der Waals surface area contributed by atoms with E-state index >= 15 is 0 Å². The Labute approximate surface area is 123 Å². The van der Waals surface area contributed by atoms with Crippen LogP contribution in [0, 0.1) is 0 Å². The number of pyridine rings is 1. The quantitative estimate of drug-likeness (QED) is 0.938. The van der Waals surface area contributed by atoms with Crippen molar-refractivity contribution in [3.63, 3.8) is 0 Å². The average Bonchev–Trinajstić information content (AvgIpc) is 3.28. The predicted molar refractivity (Wildman–Crippen MR) is 78.4 cm³/mol. The van der Waals surface area contributed by atoms with E-state index in [4.69, 9.17) is 11.6 Å². The summed E-state index contributed by atoms with van der Waals surface area (Å²) in [6.45, 7) is 0.538. The van der Waals surface area contributed by atoms with Crippen LogP contribution in [0.2, 0.25) is 5.02 Å². The van der Waals surface area contributed by atoms with Gasteiger partial charge in [-0.15, -0.1) is 0 Å². The number of rotatable bonds is 4. The summed E-state index contributed by atoms with van der Waals surface area (Å²) in [6, 6.07) is 11.4. The number of benzene rings is 1. The fraction of sp³-hybridized carbons (Fsp3) is 0.250. The fourth-order valence-corrected chi connectivity index (χ4v) is 2.52. The lowest BCUT2D eigenvalue weighted by Gasteiger charge is -2.16. The number of nitrogens with one attached hydrogen (secondary N) is 1.